The number of hydrogen-bond acceptors (Lipinski definition) is 3. The van der Waals surface area contributed by atoms with E-state index in [0.717, 1.165) is 35.4 Å². The largest absolute Gasteiger partial charge is 0.496 e. The molecule has 1 saturated heterocycles. The van der Waals surface area contributed by atoms with Crippen LogP contribution in [0.15, 0.2) is 18.2 Å². The van der Waals surface area contributed by atoms with Gasteiger partial charge in [0.05, 0.1) is 18.7 Å². The molecule has 0 spiro atoms. The van der Waals surface area contributed by atoms with Gasteiger partial charge in [-0.25, -0.2) is 0 Å². The van der Waals surface area contributed by atoms with Crippen molar-refractivity contribution < 1.29 is 4.74 Å². The van der Waals surface area contributed by atoms with Crippen LogP contribution in [0, 0.1) is 17.2 Å². The van der Waals surface area contributed by atoms with Crippen LogP contribution < -0.4 is 4.74 Å². The van der Waals surface area contributed by atoms with Gasteiger partial charge in [0.2, 0.25) is 0 Å². The molecule has 2 aliphatic rings. The maximum atomic E-state index is 9.11. The second kappa shape index (κ2) is 6.49. The molecule has 3 heteroatoms. The van der Waals surface area contributed by atoms with Gasteiger partial charge in [-0.1, -0.05) is 12.8 Å². The van der Waals surface area contributed by atoms with Gasteiger partial charge in [-0.2, -0.15) is 5.26 Å². The molecule has 0 aromatic heterocycles. The van der Waals surface area contributed by atoms with E-state index in [2.05, 4.69) is 11.0 Å². The van der Waals surface area contributed by atoms with E-state index in [1.807, 2.05) is 18.2 Å². The summed E-state index contributed by atoms with van der Waals surface area (Å²) < 4.78 is 5.48. The molecule has 0 radical (unpaired) electrons. The number of hydrogen-bond donors (Lipinski definition) is 0. The fourth-order valence-electron chi connectivity index (χ4n) is 4.11. The minimum absolute atomic E-state index is 0.724. The van der Waals surface area contributed by atoms with Crippen molar-refractivity contribution in [3.63, 3.8) is 0 Å². The van der Waals surface area contributed by atoms with Gasteiger partial charge in [0.15, 0.2) is 0 Å². The van der Waals surface area contributed by atoms with Crippen LogP contribution in [0.1, 0.15) is 49.7 Å². The summed E-state index contributed by atoms with van der Waals surface area (Å²) in [6.07, 6.45) is 8.25. The zero-order chi connectivity index (χ0) is 14.7. The molecule has 1 aromatic rings. The highest BCUT2D eigenvalue weighted by atomic mass is 16.5. The number of nitrogens with zero attached hydrogens (tertiary/aromatic N) is 2. The third kappa shape index (κ3) is 3.06. The van der Waals surface area contributed by atoms with Crippen LogP contribution in [0.4, 0.5) is 0 Å². The Balaban J connectivity index is 1.77. The molecule has 0 bridgehead atoms. The quantitative estimate of drug-likeness (QED) is 0.845. The molecule has 1 unspecified atom stereocenters. The van der Waals surface area contributed by atoms with E-state index in [4.69, 9.17) is 10.00 Å². The fourth-order valence-corrected chi connectivity index (χ4v) is 4.11. The van der Waals surface area contributed by atoms with Crippen LogP contribution >= 0.6 is 0 Å². The molecular formula is C18H24N2O. The summed E-state index contributed by atoms with van der Waals surface area (Å²) in [5, 5.41) is 9.11. The number of ether oxygens (including phenoxy) is 1. The highest BCUT2D eigenvalue weighted by molar-refractivity contribution is 5.42. The predicted molar refractivity (Wildman–Crippen MR) is 83.1 cm³/mol. The van der Waals surface area contributed by atoms with E-state index in [9.17, 15) is 0 Å². The van der Waals surface area contributed by atoms with Gasteiger partial charge in [-0.15, -0.1) is 0 Å². The van der Waals surface area contributed by atoms with Crippen molar-refractivity contribution in [1.29, 1.82) is 5.26 Å². The topological polar surface area (TPSA) is 36.3 Å². The first-order valence-electron chi connectivity index (χ1n) is 8.13. The Bertz CT molecular complexity index is 529. The summed E-state index contributed by atoms with van der Waals surface area (Å²) in [5.74, 6) is 1.80. The maximum absolute atomic E-state index is 9.11. The Hall–Kier alpha value is -1.53. The third-order valence-corrected chi connectivity index (χ3v) is 5.14. The smallest absolute Gasteiger partial charge is 0.123 e. The molecule has 0 N–H and O–H groups in total. The fraction of sp³-hybridized carbons (Fsp3) is 0.611. The SMILES string of the molecule is COc1ccc(C#N)cc1CN1CCCC1C1CCCC1. The van der Waals surface area contributed by atoms with Gasteiger partial charge in [0, 0.05) is 18.2 Å². The van der Waals surface area contributed by atoms with Gasteiger partial charge < -0.3 is 4.74 Å². The Kier molecular flexibility index (Phi) is 4.45. The van der Waals surface area contributed by atoms with Gasteiger partial charge in [-0.3, -0.25) is 4.90 Å². The summed E-state index contributed by atoms with van der Waals surface area (Å²) in [5.41, 5.74) is 1.88. The second-order valence-electron chi connectivity index (χ2n) is 6.36. The number of nitriles is 1. The zero-order valence-corrected chi connectivity index (χ0v) is 12.8. The first kappa shape index (κ1) is 14.4. The summed E-state index contributed by atoms with van der Waals surface area (Å²) in [6, 6.07) is 8.72. The van der Waals surface area contributed by atoms with Crippen molar-refractivity contribution in [2.24, 2.45) is 5.92 Å². The lowest BCUT2D eigenvalue weighted by Gasteiger charge is -2.29. The van der Waals surface area contributed by atoms with Crippen molar-refractivity contribution in [3.05, 3.63) is 29.3 Å². The highest BCUT2D eigenvalue weighted by Gasteiger charge is 2.33. The first-order valence-corrected chi connectivity index (χ1v) is 8.13. The van der Waals surface area contributed by atoms with E-state index < -0.39 is 0 Å². The number of rotatable bonds is 4. The van der Waals surface area contributed by atoms with Crippen molar-refractivity contribution in [2.45, 2.75) is 51.1 Å². The Labute approximate surface area is 127 Å². The van der Waals surface area contributed by atoms with Crippen molar-refractivity contribution >= 4 is 0 Å². The lowest BCUT2D eigenvalue weighted by Crippen LogP contribution is -2.34. The molecule has 1 atom stereocenters. The van der Waals surface area contributed by atoms with Crippen LogP contribution in [-0.2, 0) is 6.54 Å². The Morgan fingerprint density at radius 1 is 1.24 bits per heavy atom. The molecule has 1 aliphatic heterocycles. The summed E-state index contributed by atoms with van der Waals surface area (Å²) in [7, 11) is 1.71. The number of benzene rings is 1. The molecule has 1 aromatic carbocycles. The highest BCUT2D eigenvalue weighted by Crippen LogP contribution is 2.36. The van der Waals surface area contributed by atoms with Gasteiger partial charge in [0.25, 0.3) is 0 Å². The Morgan fingerprint density at radius 2 is 2.05 bits per heavy atom. The summed E-state index contributed by atoms with van der Waals surface area (Å²) >= 11 is 0. The molecule has 1 heterocycles. The van der Waals surface area contributed by atoms with Crippen LogP contribution in [-0.4, -0.2) is 24.6 Å². The monoisotopic (exact) mass is 284 g/mol. The minimum atomic E-state index is 0.724. The molecule has 1 aliphatic carbocycles. The third-order valence-electron chi connectivity index (χ3n) is 5.14. The molecule has 0 amide bonds. The lowest BCUT2D eigenvalue weighted by atomic mass is 9.95. The van der Waals surface area contributed by atoms with Crippen molar-refractivity contribution in [3.8, 4) is 11.8 Å². The zero-order valence-electron chi connectivity index (χ0n) is 12.8. The molecule has 21 heavy (non-hydrogen) atoms. The average Bonchev–Trinajstić information content (AvgIpc) is 3.17. The molecule has 3 rings (SSSR count). The van der Waals surface area contributed by atoms with Crippen LogP contribution in [0.25, 0.3) is 0 Å². The standard InChI is InChI=1S/C18H24N2O/c1-21-18-9-8-14(12-19)11-16(18)13-20-10-4-7-17(20)15-5-2-3-6-15/h8-9,11,15,17H,2-7,10,13H2,1H3. The molecular weight excluding hydrogens is 260 g/mol. The van der Waals surface area contributed by atoms with E-state index >= 15 is 0 Å². The molecule has 3 nitrogen and oxygen atoms in total. The number of likely N-dealkylation sites (tertiary alicyclic amines) is 1. The van der Waals surface area contributed by atoms with E-state index in [1.54, 1.807) is 7.11 Å². The normalized spacial score (nSPS) is 23.3. The first-order chi connectivity index (χ1) is 10.3. The average molecular weight is 284 g/mol. The molecule has 112 valence electrons. The summed E-state index contributed by atoms with van der Waals surface area (Å²) in [6.45, 7) is 2.10. The Morgan fingerprint density at radius 3 is 2.76 bits per heavy atom. The van der Waals surface area contributed by atoms with Crippen molar-refractivity contribution in [2.75, 3.05) is 13.7 Å². The minimum Gasteiger partial charge on any atom is -0.496 e. The van der Waals surface area contributed by atoms with Crippen LogP contribution in [0.5, 0.6) is 5.75 Å². The van der Waals surface area contributed by atoms with Gasteiger partial charge in [0.1, 0.15) is 5.75 Å². The predicted octanol–water partition coefficient (Wildman–Crippen LogP) is 3.72. The lowest BCUT2D eigenvalue weighted by molar-refractivity contribution is 0.181. The van der Waals surface area contributed by atoms with Gasteiger partial charge in [-0.05, 0) is 56.3 Å². The molecule has 1 saturated carbocycles. The number of methoxy groups -OCH3 is 1. The van der Waals surface area contributed by atoms with E-state index in [-0.39, 0.29) is 0 Å². The molecule has 2 fully saturated rings. The van der Waals surface area contributed by atoms with E-state index in [0.29, 0.717) is 0 Å². The van der Waals surface area contributed by atoms with Gasteiger partial charge >= 0.3 is 0 Å². The summed E-state index contributed by atoms with van der Waals surface area (Å²) in [4.78, 5) is 2.62. The second-order valence-corrected chi connectivity index (χ2v) is 6.36. The maximum Gasteiger partial charge on any atom is 0.123 e. The van der Waals surface area contributed by atoms with E-state index in [1.165, 1.54) is 45.1 Å². The van der Waals surface area contributed by atoms with Crippen molar-refractivity contribution in [1.82, 2.24) is 4.90 Å². The van der Waals surface area contributed by atoms with Crippen LogP contribution in [0.2, 0.25) is 0 Å². The van der Waals surface area contributed by atoms with Crippen LogP contribution in [0.3, 0.4) is 0 Å².